The minimum absolute atomic E-state index is 0.0131. The molecule has 0 bridgehead atoms. The van der Waals surface area contributed by atoms with Gasteiger partial charge in [0.2, 0.25) is 0 Å². The molecular weight excluding hydrogens is 396 g/mol. The average Bonchev–Trinajstić information content (AvgIpc) is 2.68. The van der Waals surface area contributed by atoms with E-state index in [1.807, 2.05) is 0 Å². The summed E-state index contributed by atoms with van der Waals surface area (Å²) in [4.78, 5) is 11.7. The number of ether oxygens (including phenoxy) is 2. The van der Waals surface area contributed by atoms with Crippen LogP contribution in [-0.2, 0) is 14.3 Å². The zero-order chi connectivity index (χ0) is 23.0. The Kier molecular flexibility index (Phi) is 7.77. The van der Waals surface area contributed by atoms with E-state index in [-0.39, 0.29) is 41.8 Å². The maximum Gasteiger partial charge on any atom is 0.308 e. The molecule has 31 heavy (non-hydrogen) atoms. The fraction of sp³-hybridized carbons (Fsp3) is 0.960. The number of fused-ring (bicyclic) bond motifs is 1. The van der Waals surface area contributed by atoms with Crippen molar-refractivity contribution in [2.24, 2.45) is 29.1 Å². The lowest BCUT2D eigenvalue weighted by atomic mass is 9.56. The van der Waals surface area contributed by atoms with E-state index in [9.17, 15) is 20.1 Å². The number of carbonyl (C=O) groups is 1. The predicted octanol–water partition coefficient (Wildman–Crippen LogP) is 3.45. The monoisotopic (exact) mass is 440 g/mol. The highest BCUT2D eigenvalue weighted by Crippen LogP contribution is 2.52. The summed E-state index contributed by atoms with van der Waals surface area (Å²) in [5.41, 5.74) is -1.07. The Morgan fingerprint density at radius 2 is 1.94 bits per heavy atom. The van der Waals surface area contributed by atoms with Crippen molar-refractivity contribution in [3.63, 3.8) is 0 Å². The van der Waals surface area contributed by atoms with Crippen molar-refractivity contribution < 1.29 is 29.6 Å². The third kappa shape index (κ3) is 5.82. The second-order valence-electron chi connectivity index (χ2n) is 11.6. The summed E-state index contributed by atoms with van der Waals surface area (Å²) in [7, 11) is 0. The van der Waals surface area contributed by atoms with Crippen LogP contribution in [0, 0.1) is 29.1 Å². The van der Waals surface area contributed by atoms with Crippen LogP contribution in [0.4, 0.5) is 0 Å². The van der Waals surface area contributed by atoms with Gasteiger partial charge in [0.25, 0.3) is 0 Å². The number of aliphatic hydroxyl groups excluding tert-OH is 2. The van der Waals surface area contributed by atoms with Crippen LogP contribution in [0.1, 0.15) is 86.0 Å². The molecule has 9 atom stereocenters. The molecule has 2 aliphatic carbocycles. The second kappa shape index (κ2) is 9.66. The normalized spacial score (nSPS) is 43.9. The summed E-state index contributed by atoms with van der Waals surface area (Å²) in [5.74, 6) is 0.684. The van der Waals surface area contributed by atoms with E-state index < -0.39 is 17.8 Å². The molecule has 0 spiro atoms. The minimum Gasteiger partial charge on any atom is -0.462 e. The highest BCUT2D eigenvalue weighted by atomic mass is 16.5. The van der Waals surface area contributed by atoms with Gasteiger partial charge in [0.1, 0.15) is 6.10 Å². The van der Waals surface area contributed by atoms with E-state index in [1.165, 1.54) is 0 Å². The lowest BCUT2D eigenvalue weighted by molar-refractivity contribution is -0.211. The molecule has 3 rings (SSSR count). The molecule has 2 saturated carbocycles. The highest BCUT2D eigenvalue weighted by Gasteiger charge is 2.54. The molecule has 1 aliphatic heterocycles. The van der Waals surface area contributed by atoms with Gasteiger partial charge in [-0.2, -0.15) is 0 Å². The Bertz CT molecular complexity index is 617. The first-order chi connectivity index (χ1) is 14.4. The molecule has 6 nitrogen and oxygen atoms in total. The van der Waals surface area contributed by atoms with Crippen LogP contribution in [0.3, 0.4) is 0 Å². The van der Waals surface area contributed by atoms with Gasteiger partial charge in [-0.25, -0.2) is 0 Å². The Labute approximate surface area is 187 Å². The van der Waals surface area contributed by atoms with Crippen LogP contribution in [0.25, 0.3) is 0 Å². The van der Waals surface area contributed by atoms with Gasteiger partial charge >= 0.3 is 5.97 Å². The van der Waals surface area contributed by atoms with Crippen LogP contribution < -0.4 is 0 Å². The van der Waals surface area contributed by atoms with Crippen molar-refractivity contribution >= 4 is 5.97 Å². The number of esters is 1. The van der Waals surface area contributed by atoms with E-state index in [1.54, 1.807) is 6.92 Å². The van der Waals surface area contributed by atoms with Crippen molar-refractivity contribution in [3.05, 3.63) is 0 Å². The fourth-order valence-electron chi connectivity index (χ4n) is 6.10. The summed E-state index contributed by atoms with van der Waals surface area (Å²) >= 11 is 0. The van der Waals surface area contributed by atoms with Gasteiger partial charge in [-0.15, -0.1) is 0 Å². The fourth-order valence-corrected chi connectivity index (χ4v) is 6.10. The highest BCUT2D eigenvalue weighted by molar-refractivity contribution is 5.70. The van der Waals surface area contributed by atoms with Crippen molar-refractivity contribution in [2.75, 3.05) is 6.61 Å². The van der Waals surface area contributed by atoms with Crippen LogP contribution in [-0.4, -0.2) is 57.9 Å². The predicted molar refractivity (Wildman–Crippen MR) is 118 cm³/mol. The van der Waals surface area contributed by atoms with Crippen LogP contribution in [0.2, 0.25) is 0 Å². The van der Waals surface area contributed by atoms with Gasteiger partial charge in [-0.3, -0.25) is 4.79 Å². The minimum atomic E-state index is -1.14. The first kappa shape index (κ1) is 24.9. The lowest BCUT2D eigenvalue weighted by Crippen LogP contribution is -2.60. The largest absolute Gasteiger partial charge is 0.462 e. The van der Waals surface area contributed by atoms with E-state index in [2.05, 4.69) is 27.7 Å². The van der Waals surface area contributed by atoms with E-state index >= 15 is 0 Å². The summed E-state index contributed by atoms with van der Waals surface area (Å²) in [6.07, 6.45) is 3.86. The van der Waals surface area contributed by atoms with Gasteiger partial charge in [-0.1, -0.05) is 34.1 Å². The molecule has 0 radical (unpaired) electrons. The molecule has 3 aliphatic rings. The molecule has 1 heterocycles. The molecule has 0 aromatic rings. The number of hydrogen-bond donors (Lipinski definition) is 3. The quantitative estimate of drug-likeness (QED) is 0.525. The number of carbonyl (C=O) groups excluding carboxylic acids is 1. The zero-order valence-electron chi connectivity index (χ0n) is 20.0. The van der Waals surface area contributed by atoms with Gasteiger partial charge in [-0.05, 0) is 61.7 Å². The molecule has 0 aromatic carbocycles. The van der Waals surface area contributed by atoms with Gasteiger partial charge < -0.3 is 24.8 Å². The summed E-state index contributed by atoms with van der Waals surface area (Å²) in [6, 6.07) is 0. The van der Waals surface area contributed by atoms with E-state index in [4.69, 9.17) is 9.47 Å². The Morgan fingerprint density at radius 1 is 1.23 bits per heavy atom. The lowest BCUT2D eigenvalue weighted by Gasteiger charge is -2.55. The number of rotatable bonds is 7. The Morgan fingerprint density at radius 3 is 2.58 bits per heavy atom. The van der Waals surface area contributed by atoms with E-state index in [0.29, 0.717) is 31.3 Å². The van der Waals surface area contributed by atoms with Crippen molar-refractivity contribution in [1.29, 1.82) is 0 Å². The van der Waals surface area contributed by atoms with Gasteiger partial charge in [0.15, 0.2) is 0 Å². The summed E-state index contributed by atoms with van der Waals surface area (Å²) in [6.45, 7) is 11.2. The smallest absolute Gasteiger partial charge is 0.308 e. The topological polar surface area (TPSA) is 96.2 Å². The molecule has 0 aromatic heterocycles. The average molecular weight is 441 g/mol. The van der Waals surface area contributed by atoms with E-state index in [0.717, 1.165) is 32.1 Å². The first-order valence-electron chi connectivity index (χ1n) is 12.3. The third-order valence-electron chi connectivity index (χ3n) is 8.46. The number of hydrogen-bond acceptors (Lipinski definition) is 6. The molecule has 180 valence electrons. The van der Waals surface area contributed by atoms with Gasteiger partial charge in [0, 0.05) is 12.8 Å². The van der Waals surface area contributed by atoms with Crippen LogP contribution in [0.5, 0.6) is 0 Å². The SMILES string of the molecule is CCC(C)(C)CO[C@H]1C[C@](C)(O)[C@@H](O)[C@@H]2CC[C@H](C)[C@H](CC[C@@H]3C[C@@H](O)CC(=O)O3)[C@H]21. The van der Waals surface area contributed by atoms with Crippen molar-refractivity contribution in [1.82, 2.24) is 0 Å². The van der Waals surface area contributed by atoms with Crippen LogP contribution in [0.15, 0.2) is 0 Å². The number of cyclic esters (lactones) is 1. The maximum absolute atomic E-state index is 11.7. The zero-order valence-corrected chi connectivity index (χ0v) is 20.0. The molecular formula is C25H44O6. The maximum atomic E-state index is 11.7. The molecule has 1 saturated heterocycles. The Hall–Kier alpha value is -0.690. The molecule has 3 fully saturated rings. The van der Waals surface area contributed by atoms with Crippen LogP contribution >= 0.6 is 0 Å². The van der Waals surface area contributed by atoms with Crippen molar-refractivity contribution in [3.8, 4) is 0 Å². The molecule has 0 amide bonds. The van der Waals surface area contributed by atoms with Crippen molar-refractivity contribution in [2.45, 2.75) is 116 Å². The molecule has 6 heteroatoms. The standard InChI is InChI=1S/C25H44O6/c1-6-24(3,4)14-30-20-13-25(5,29)23(28)19-9-7-15(2)18(22(19)20)10-8-17-11-16(26)12-21(27)31-17/h15-20,22-23,26,28-29H,6-14H2,1-5H3/t15-,16+,17+,18-,19+,20-,22+,23-,25-/m0/s1. The first-order valence-corrected chi connectivity index (χ1v) is 12.3. The van der Waals surface area contributed by atoms with Gasteiger partial charge in [0.05, 0.1) is 36.9 Å². The number of aliphatic hydroxyl groups is 3. The molecule has 3 N–H and O–H groups in total. The third-order valence-corrected chi connectivity index (χ3v) is 8.46. The summed E-state index contributed by atoms with van der Waals surface area (Å²) in [5, 5.41) is 31.9. The second-order valence-corrected chi connectivity index (χ2v) is 11.6. The molecule has 0 unspecified atom stereocenters. The Balaban J connectivity index is 1.76. The summed E-state index contributed by atoms with van der Waals surface area (Å²) < 4.78 is 12.0.